The number of nitrogen functional groups attached to an aromatic ring is 1. The van der Waals surface area contributed by atoms with E-state index in [0.717, 1.165) is 38.2 Å². The van der Waals surface area contributed by atoms with Gasteiger partial charge < -0.3 is 20.9 Å². The first kappa shape index (κ1) is 19.7. The molecule has 2 aromatic rings. The van der Waals surface area contributed by atoms with Gasteiger partial charge in [-0.3, -0.25) is 4.79 Å². The Balaban J connectivity index is 1.45. The predicted octanol–water partition coefficient (Wildman–Crippen LogP) is 2.92. The van der Waals surface area contributed by atoms with Crippen LogP contribution in [0.3, 0.4) is 0 Å². The summed E-state index contributed by atoms with van der Waals surface area (Å²) in [7, 11) is 0. The maximum atomic E-state index is 13.6. The highest BCUT2D eigenvalue weighted by Gasteiger charge is 2.35. The van der Waals surface area contributed by atoms with E-state index >= 15 is 0 Å². The fourth-order valence-corrected chi connectivity index (χ4v) is 4.41. The summed E-state index contributed by atoms with van der Waals surface area (Å²) in [6, 6.07) is 5.73. The average molecular weight is 419 g/mol. The van der Waals surface area contributed by atoms with Crippen molar-refractivity contribution < 1.29 is 9.18 Å². The summed E-state index contributed by atoms with van der Waals surface area (Å²) in [5, 5.41) is 3.47. The number of hydrogen-bond donors (Lipinski definition) is 2. The number of rotatable bonds is 4. The first-order chi connectivity index (χ1) is 14.0. The molecule has 9 heteroatoms. The van der Waals surface area contributed by atoms with E-state index in [1.807, 2.05) is 4.90 Å². The number of hydrogen-bond acceptors (Lipinski definition) is 6. The molecule has 2 atom stereocenters. The van der Waals surface area contributed by atoms with E-state index in [1.165, 1.54) is 18.5 Å². The molecule has 1 aromatic heterocycles. The van der Waals surface area contributed by atoms with Crippen LogP contribution in [-0.2, 0) is 4.79 Å². The second-order valence-corrected chi connectivity index (χ2v) is 8.01. The fourth-order valence-electron chi connectivity index (χ4n) is 4.19. The van der Waals surface area contributed by atoms with E-state index in [9.17, 15) is 9.18 Å². The normalized spacial score (nSPS) is 22.6. The minimum Gasteiger partial charge on any atom is -0.384 e. The third-order valence-electron chi connectivity index (χ3n) is 5.51. The van der Waals surface area contributed by atoms with Crippen molar-refractivity contribution in [1.82, 2.24) is 14.9 Å². The monoisotopic (exact) mass is 418 g/mol. The first-order valence-electron chi connectivity index (χ1n) is 9.85. The van der Waals surface area contributed by atoms with Crippen molar-refractivity contribution in [2.24, 2.45) is 0 Å². The highest BCUT2D eigenvalue weighted by molar-refractivity contribution is 6.30. The van der Waals surface area contributed by atoms with Gasteiger partial charge in [0, 0.05) is 42.5 Å². The number of carbonyl (C=O) groups is 1. The van der Waals surface area contributed by atoms with Crippen molar-refractivity contribution >= 4 is 34.8 Å². The quantitative estimate of drug-likeness (QED) is 0.793. The van der Waals surface area contributed by atoms with Gasteiger partial charge in [0.1, 0.15) is 29.8 Å². The SMILES string of the molecule is Nc1cc(N2CCC[C@@H](N3CCCC(Nc4cc(F)cc(Cl)c4)C3=O)C2)ncn1. The van der Waals surface area contributed by atoms with Gasteiger partial charge in [0.2, 0.25) is 5.91 Å². The zero-order chi connectivity index (χ0) is 20.4. The van der Waals surface area contributed by atoms with Crippen LogP contribution in [0.4, 0.5) is 21.7 Å². The molecule has 3 N–H and O–H groups in total. The van der Waals surface area contributed by atoms with Gasteiger partial charge in [-0.15, -0.1) is 0 Å². The van der Waals surface area contributed by atoms with E-state index in [4.69, 9.17) is 17.3 Å². The summed E-state index contributed by atoms with van der Waals surface area (Å²) in [6.07, 6.45) is 4.98. The maximum Gasteiger partial charge on any atom is 0.245 e. The van der Waals surface area contributed by atoms with Crippen molar-refractivity contribution in [2.75, 3.05) is 35.6 Å². The largest absolute Gasteiger partial charge is 0.384 e. The third-order valence-corrected chi connectivity index (χ3v) is 5.73. The van der Waals surface area contributed by atoms with Crippen molar-refractivity contribution in [1.29, 1.82) is 0 Å². The van der Waals surface area contributed by atoms with Crippen molar-refractivity contribution in [2.45, 2.75) is 37.8 Å². The van der Waals surface area contributed by atoms with E-state index < -0.39 is 5.82 Å². The van der Waals surface area contributed by atoms with Gasteiger partial charge in [0.25, 0.3) is 0 Å². The predicted molar refractivity (Wildman–Crippen MR) is 111 cm³/mol. The number of benzene rings is 1. The molecule has 0 aliphatic carbocycles. The van der Waals surface area contributed by atoms with Crippen molar-refractivity contribution in [3.8, 4) is 0 Å². The molecule has 154 valence electrons. The van der Waals surface area contributed by atoms with Crippen LogP contribution in [0.5, 0.6) is 0 Å². The maximum absolute atomic E-state index is 13.6. The van der Waals surface area contributed by atoms with Crippen LogP contribution < -0.4 is 16.0 Å². The average Bonchev–Trinajstić information content (AvgIpc) is 2.69. The van der Waals surface area contributed by atoms with Crippen LogP contribution in [0, 0.1) is 5.82 Å². The van der Waals surface area contributed by atoms with E-state index in [1.54, 1.807) is 12.1 Å². The van der Waals surface area contributed by atoms with Crippen LogP contribution in [0.25, 0.3) is 0 Å². The molecule has 29 heavy (non-hydrogen) atoms. The number of halogens is 2. The highest BCUT2D eigenvalue weighted by atomic mass is 35.5. The molecule has 4 rings (SSSR count). The van der Waals surface area contributed by atoms with Crippen LogP contribution in [0.2, 0.25) is 5.02 Å². The van der Waals surface area contributed by atoms with E-state index in [2.05, 4.69) is 20.2 Å². The molecule has 0 bridgehead atoms. The highest BCUT2D eigenvalue weighted by Crippen LogP contribution is 2.27. The van der Waals surface area contributed by atoms with Gasteiger partial charge in [0.15, 0.2) is 0 Å². The number of likely N-dealkylation sites (tertiary alicyclic amines) is 1. The fraction of sp³-hybridized carbons (Fsp3) is 0.450. The number of nitrogens with one attached hydrogen (secondary N) is 1. The summed E-state index contributed by atoms with van der Waals surface area (Å²) in [4.78, 5) is 25.6. The number of anilines is 3. The van der Waals surface area contributed by atoms with Gasteiger partial charge in [-0.25, -0.2) is 14.4 Å². The van der Waals surface area contributed by atoms with E-state index in [-0.39, 0.29) is 18.0 Å². The Morgan fingerprint density at radius 2 is 1.97 bits per heavy atom. The lowest BCUT2D eigenvalue weighted by Gasteiger charge is -2.43. The van der Waals surface area contributed by atoms with E-state index in [0.29, 0.717) is 29.5 Å². The molecular weight excluding hydrogens is 395 g/mol. The summed E-state index contributed by atoms with van der Waals surface area (Å²) in [5.74, 6) is 0.845. The molecule has 2 aliphatic heterocycles. The topological polar surface area (TPSA) is 87.4 Å². The van der Waals surface area contributed by atoms with Crippen molar-refractivity contribution in [3.05, 3.63) is 41.4 Å². The lowest BCUT2D eigenvalue weighted by molar-refractivity contribution is -0.137. The molecule has 3 heterocycles. The Morgan fingerprint density at radius 1 is 1.14 bits per heavy atom. The standard InChI is InChI=1S/C20H24ClFN6O/c21-13-7-14(22)9-15(8-13)26-17-4-2-6-28(20(17)29)16-3-1-5-27(11-16)19-10-18(23)24-12-25-19/h7-10,12,16-17,26H,1-6,11H2,(H2,23,24,25)/t16-,17?/m1/s1. The van der Waals surface area contributed by atoms with Crippen molar-refractivity contribution in [3.63, 3.8) is 0 Å². The summed E-state index contributed by atoms with van der Waals surface area (Å²) < 4.78 is 13.6. The number of carbonyl (C=O) groups excluding carboxylic acids is 1. The number of aromatic nitrogens is 2. The molecular formula is C20H24ClFN6O. The number of piperidine rings is 2. The number of amides is 1. The second-order valence-electron chi connectivity index (χ2n) is 7.57. The minimum absolute atomic E-state index is 0.0469. The minimum atomic E-state index is -0.424. The third kappa shape index (κ3) is 4.53. The molecule has 0 spiro atoms. The van der Waals surface area contributed by atoms with Gasteiger partial charge in [-0.1, -0.05) is 11.6 Å². The molecule has 1 amide bonds. The van der Waals surface area contributed by atoms with Gasteiger partial charge in [-0.05, 0) is 43.9 Å². The van der Waals surface area contributed by atoms with Gasteiger partial charge >= 0.3 is 0 Å². The molecule has 2 aliphatic rings. The molecule has 1 unspecified atom stereocenters. The summed E-state index contributed by atoms with van der Waals surface area (Å²) in [6.45, 7) is 2.31. The van der Waals surface area contributed by atoms with Gasteiger partial charge in [-0.2, -0.15) is 0 Å². The smallest absolute Gasteiger partial charge is 0.245 e. The van der Waals surface area contributed by atoms with Gasteiger partial charge in [0.05, 0.1) is 0 Å². The molecule has 0 radical (unpaired) electrons. The molecule has 2 saturated heterocycles. The van der Waals surface area contributed by atoms with Crippen LogP contribution in [0.1, 0.15) is 25.7 Å². The number of nitrogens with zero attached hydrogens (tertiary/aromatic N) is 4. The van der Waals surface area contributed by atoms with Crippen LogP contribution in [0.15, 0.2) is 30.6 Å². The zero-order valence-electron chi connectivity index (χ0n) is 16.0. The second kappa shape index (κ2) is 8.41. The molecule has 2 fully saturated rings. The Bertz CT molecular complexity index is 877. The molecule has 1 aromatic carbocycles. The zero-order valence-corrected chi connectivity index (χ0v) is 16.8. The Kier molecular flexibility index (Phi) is 5.71. The summed E-state index contributed by atoms with van der Waals surface area (Å²) in [5.41, 5.74) is 6.32. The lowest BCUT2D eigenvalue weighted by Crippen LogP contribution is -2.56. The lowest BCUT2D eigenvalue weighted by atomic mass is 9.97. The number of nitrogens with two attached hydrogens (primary N) is 1. The Labute approximate surface area is 174 Å². The molecule has 0 saturated carbocycles. The summed E-state index contributed by atoms with van der Waals surface area (Å²) >= 11 is 5.94. The van der Waals surface area contributed by atoms with Crippen LogP contribution in [-0.4, -0.2) is 52.5 Å². The first-order valence-corrected chi connectivity index (χ1v) is 10.2. The Morgan fingerprint density at radius 3 is 2.76 bits per heavy atom. The Hall–Kier alpha value is -2.61. The molecule has 7 nitrogen and oxygen atoms in total. The van der Waals surface area contributed by atoms with Crippen LogP contribution >= 0.6 is 11.6 Å².